The van der Waals surface area contributed by atoms with Crippen LogP contribution in [0.1, 0.15) is 44.7 Å². The van der Waals surface area contributed by atoms with Gasteiger partial charge in [0, 0.05) is 12.1 Å². The Labute approximate surface area is 199 Å². The number of carbonyl (C=O) groups excluding carboxylic acids is 2. The molecule has 0 radical (unpaired) electrons. The molecule has 0 fully saturated rings. The lowest BCUT2D eigenvalue weighted by Crippen LogP contribution is -2.50. The predicted octanol–water partition coefficient (Wildman–Crippen LogP) is 4.36. The molecule has 0 aliphatic carbocycles. The molecule has 0 saturated carbocycles. The fraction of sp³-hybridized carbons (Fsp3) is 0.423. The van der Waals surface area contributed by atoms with Crippen molar-refractivity contribution < 1.29 is 23.8 Å². The van der Waals surface area contributed by atoms with Crippen molar-refractivity contribution in [2.45, 2.75) is 39.2 Å². The lowest BCUT2D eigenvalue weighted by molar-refractivity contribution is -0.153. The van der Waals surface area contributed by atoms with Crippen molar-refractivity contribution in [3.63, 3.8) is 0 Å². The highest BCUT2D eigenvalue weighted by Gasteiger charge is 2.48. The Kier molecular flexibility index (Phi) is 7.05. The fourth-order valence-electron chi connectivity index (χ4n) is 4.70. The van der Waals surface area contributed by atoms with Crippen LogP contribution in [0, 0.1) is 5.92 Å². The predicted molar refractivity (Wildman–Crippen MR) is 129 cm³/mol. The van der Waals surface area contributed by atoms with Gasteiger partial charge >= 0.3 is 5.97 Å². The van der Waals surface area contributed by atoms with Gasteiger partial charge in [0.1, 0.15) is 0 Å². The van der Waals surface area contributed by atoms with Crippen LogP contribution in [0.2, 0.25) is 0 Å². The van der Waals surface area contributed by atoms with Crippen LogP contribution in [0.15, 0.2) is 42.5 Å². The standard InChI is InChI=1S/C26H31N3O5/c1-5-7-10-16-28-24(30)21(25(31)34-6-2)22(17-12-11-15-20(32-3)23(17)33-4)29-19-14-9-8-13-18(19)27-26(28)29/h8-9,11-15,21-22H,5-7,10,16H2,1-4H3/t21-,22-/m1/s1. The van der Waals surface area contributed by atoms with Crippen molar-refractivity contribution in [3.8, 4) is 11.5 Å². The molecule has 0 bridgehead atoms. The molecule has 1 aliphatic heterocycles. The van der Waals surface area contributed by atoms with Crippen molar-refractivity contribution in [2.75, 3.05) is 32.3 Å². The number of imidazole rings is 1. The minimum absolute atomic E-state index is 0.179. The van der Waals surface area contributed by atoms with Crippen molar-refractivity contribution in [1.82, 2.24) is 9.55 Å². The molecule has 180 valence electrons. The summed E-state index contributed by atoms with van der Waals surface area (Å²) in [6, 6.07) is 12.5. The first-order valence-electron chi connectivity index (χ1n) is 11.7. The van der Waals surface area contributed by atoms with Gasteiger partial charge in [0.15, 0.2) is 17.4 Å². The number of aromatic nitrogens is 2. The second-order valence-electron chi connectivity index (χ2n) is 8.22. The van der Waals surface area contributed by atoms with Gasteiger partial charge in [-0.05, 0) is 31.5 Å². The molecule has 2 atom stereocenters. The first-order chi connectivity index (χ1) is 16.6. The zero-order chi connectivity index (χ0) is 24.2. The molecular formula is C26H31N3O5. The van der Waals surface area contributed by atoms with Crippen LogP contribution in [0.5, 0.6) is 11.5 Å². The molecule has 8 heteroatoms. The van der Waals surface area contributed by atoms with Crippen LogP contribution in [-0.4, -0.2) is 48.8 Å². The topological polar surface area (TPSA) is 82.9 Å². The second-order valence-corrected chi connectivity index (χ2v) is 8.22. The molecule has 2 heterocycles. The van der Waals surface area contributed by atoms with E-state index in [-0.39, 0.29) is 12.5 Å². The van der Waals surface area contributed by atoms with E-state index >= 15 is 0 Å². The number of unbranched alkanes of at least 4 members (excludes halogenated alkanes) is 2. The highest BCUT2D eigenvalue weighted by Crippen LogP contribution is 2.46. The number of esters is 1. The maximum Gasteiger partial charge on any atom is 0.321 e. The molecule has 1 aliphatic rings. The molecule has 0 unspecified atom stereocenters. The van der Waals surface area contributed by atoms with Crippen LogP contribution in [0.3, 0.4) is 0 Å². The van der Waals surface area contributed by atoms with E-state index in [2.05, 4.69) is 6.92 Å². The third-order valence-electron chi connectivity index (χ3n) is 6.22. The molecule has 0 N–H and O–H groups in total. The van der Waals surface area contributed by atoms with E-state index in [0.29, 0.717) is 29.6 Å². The van der Waals surface area contributed by atoms with Crippen LogP contribution < -0.4 is 14.4 Å². The Morgan fingerprint density at radius 3 is 2.53 bits per heavy atom. The van der Waals surface area contributed by atoms with E-state index in [9.17, 15) is 9.59 Å². The summed E-state index contributed by atoms with van der Waals surface area (Å²) in [5.41, 5.74) is 2.24. The number of anilines is 1. The quantitative estimate of drug-likeness (QED) is 0.265. The third kappa shape index (κ3) is 3.97. The number of nitrogens with zero attached hydrogens (tertiary/aromatic N) is 3. The summed E-state index contributed by atoms with van der Waals surface area (Å²) in [6.07, 6.45) is 2.80. The van der Waals surface area contributed by atoms with Crippen molar-refractivity contribution in [3.05, 3.63) is 48.0 Å². The van der Waals surface area contributed by atoms with E-state index in [0.717, 1.165) is 30.3 Å². The Balaban J connectivity index is 2.00. The maximum atomic E-state index is 13.9. The van der Waals surface area contributed by atoms with Gasteiger partial charge in [-0.3, -0.25) is 14.5 Å². The monoisotopic (exact) mass is 465 g/mol. The van der Waals surface area contributed by atoms with Crippen molar-refractivity contribution in [2.24, 2.45) is 5.92 Å². The summed E-state index contributed by atoms with van der Waals surface area (Å²) in [5, 5.41) is 0. The highest BCUT2D eigenvalue weighted by atomic mass is 16.5. The van der Waals surface area contributed by atoms with E-state index in [1.807, 2.05) is 41.0 Å². The van der Waals surface area contributed by atoms with Crippen LogP contribution in [0.4, 0.5) is 5.95 Å². The number of hydrogen-bond acceptors (Lipinski definition) is 6. The number of hydrogen-bond donors (Lipinski definition) is 0. The Hall–Kier alpha value is -3.55. The smallest absolute Gasteiger partial charge is 0.321 e. The number of rotatable bonds is 9. The second kappa shape index (κ2) is 10.2. The fourth-order valence-corrected chi connectivity index (χ4v) is 4.70. The maximum absolute atomic E-state index is 13.9. The minimum Gasteiger partial charge on any atom is -0.493 e. The van der Waals surface area contributed by atoms with Crippen molar-refractivity contribution >= 4 is 28.9 Å². The van der Waals surface area contributed by atoms with Gasteiger partial charge in [-0.1, -0.05) is 44.0 Å². The number of carbonyl (C=O) groups is 2. The lowest BCUT2D eigenvalue weighted by atomic mass is 9.88. The summed E-state index contributed by atoms with van der Waals surface area (Å²) in [4.78, 5) is 33.7. The summed E-state index contributed by atoms with van der Waals surface area (Å²) in [5.74, 6) is -0.449. The molecule has 3 aromatic rings. The molecule has 2 aromatic carbocycles. The number of ether oxygens (including phenoxy) is 3. The Bertz CT molecular complexity index is 1190. The van der Waals surface area contributed by atoms with Gasteiger partial charge in [-0.25, -0.2) is 4.98 Å². The SMILES string of the molecule is CCCCCN1C(=O)[C@H](C(=O)OCC)[C@@H](c2cccc(OC)c2OC)n2c1nc1ccccc12. The van der Waals surface area contributed by atoms with Gasteiger partial charge in [-0.15, -0.1) is 0 Å². The summed E-state index contributed by atoms with van der Waals surface area (Å²) < 4.78 is 18.6. The summed E-state index contributed by atoms with van der Waals surface area (Å²) in [7, 11) is 3.11. The molecule has 34 heavy (non-hydrogen) atoms. The van der Waals surface area contributed by atoms with Crippen LogP contribution in [0.25, 0.3) is 11.0 Å². The first kappa shape index (κ1) is 23.6. The number of methoxy groups -OCH3 is 2. The minimum atomic E-state index is -1.09. The van der Waals surface area contributed by atoms with Gasteiger partial charge in [0.2, 0.25) is 11.9 Å². The summed E-state index contributed by atoms with van der Waals surface area (Å²) in [6.45, 7) is 4.51. The molecular weight excluding hydrogens is 434 g/mol. The number of benzene rings is 2. The molecule has 1 aromatic heterocycles. The lowest BCUT2D eigenvalue weighted by Gasteiger charge is -2.38. The van der Waals surface area contributed by atoms with Crippen LogP contribution >= 0.6 is 0 Å². The molecule has 0 saturated heterocycles. The van der Waals surface area contributed by atoms with Gasteiger partial charge in [0.05, 0.1) is 37.9 Å². The number of fused-ring (bicyclic) bond motifs is 3. The Morgan fingerprint density at radius 2 is 1.82 bits per heavy atom. The number of amides is 1. The zero-order valence-corrected chi connectivity index (χ0v) is 20.1. The van der Waals surface area contributed by atoms with Crippen LogP contribution in [-0.2, 0) is 14.3 Å². The van der Waals surface area contributed by atoms with Gasteiger partial charge in [0.25, 0.3) is 0 Å². The van der Waals surface area contributed by atoms with E-state index < -0.39 is 17.9 Å². The molecule has 0 spiro atoms. The van der Waals surface area contributed by atoms with E-state index in [1.54, 1.807) is 32.1 Å². The van der Waals surface area contributed by atoms with Gasteiger partial charge < -0.3 is 18.8 Å². The van der Waals surface area contributed by atoms with E-state index in [4.69, 9.17) is 19.2 Å². The highest BCUT2D eigenvalue weighted by molar-refractivity contribution is 6.08. The molecule has 1 amide bonds. The normalized spacial score (nSPS) is 17.5. The third-order valence-corrected chi connectivity index (χ3v) is 6.22. The summed E-state index contributed by atoms with van der Waals surface area (Å²) >= 11 is 0. The first-order valence-corrected chi connectivity index (χ1v) is 11.7. The zero-order valence-electron chi connectivity index (χ0n) is 20.1. The average molecular weight is 466 g/mol. The number of para-hydroxylation sites is 3. The molecule has 8 nitrogen and oxygen atoms in total. The van der Waals surface area contributed by atoms with Gasteiger partial charge in [-0.2, -0.15) is 0 Å². The van der Waals surface area contributed by atoms with E-state index in [1.165, 1.54) is 0 Å². The molecule has 4 rings (SSSR count). The Morgan fingerprint density at radius 1 is 1.03 bits per heavy atom. The van der Waals surface area contributed by atoms with Crippen molar-refractivity contribution in [1.29, 1.82) is 0 Å². The average Bonchev–Trinajstić information content (AvgIpc) is 3.23. The largest absolute Gasteiger partial charge is 0.493 e.